The number of nitrogens with one attached hydrogen (secondary N) is 1. The quantitative estimate of drug-likeness (QED) is 0.788. The SMILES string of the molecule is C=C.c1cnc(OCC2CCNCC2)nc1. The van der Waals surface area contributed by atoms with Crippen LogP contribution in [0.25, 0.3) is 0 Å². The summed E-state index contributed by atoms with van der Waals surface area (Å²) in [5.41, 5.74) is 0. The molecule has 1 aromatic rings. The van der Waals surface area contributed by atoms with Crippen molar-refractivity contribution < 1.29 is 4.74 Å². The van der Waals surface area contributed by atoms with Gasteiger partial charge in [0.25, 0.3) is 0 Å². The highest BCUT2D eigenvalue weighted by Gasteiger charge is 2.13. The standard InChI is InChI=1S/C10H15N3O.C2H4/c1-4-12-10(13-5-1)14-8-9-2-6-11-7-3-9;1-2/h1,4-5,9,11H,2-3,6-8H2;1-2H2. The second-order valence-electron chi connectivity index (χ2n) is 3.54. The van der Waals surface area contributed by atoms with Gasteiger partial charge in [0.05, 0.1) is 6.61 Å². The Hall–Kier alpha value is -1.42. The van der Waals surface area contributed by atoms with E-state index in [9.17, 15) is 0 Å². The van der Waals surface area contributed by atoms with Gasteiger partial charge in [-0.3, -0.25) is 0 Å². The van der Waals surface area contributed by atoms with Crippen molar-refractivity contribution in [1.29, 1.82) is 0 Å². The third kappa shape index (κ3) is 4.40. The van der Waals surface area contributed by atoms with Gasteiger partial charge in [0.1, 0.15) is 0 Å². The molecule has 88 valence electrons. The summed E-state index contributed by atoms with van der Waals surface area (Å²) in [5.74, 6) is 0.653. The molecule has 1 fully saturated rings. The highest BCUT2D eigenvalue weighted by atomic mass is 16.5. The van der Waals surface area contributed by atoms with Gasteiger partial charge in [-0.05, 0) is 37.9 Å². The molecule has 0 aliphatic carbocycles. The van der Waals surface area contributed by atoms with E-state index >= 15 is 0 Å². The average Bonchev–Trinajstić information content (AvgIpc) is 2.41. The van der Waals surface area contributed by atoms with E-state index in [0.717, 1.165) is 19.7 Å². The zero-order valence-corrected chi connectivity index (χ0v) is 9.56. The van der Waals surface area contributed by atoms with Gasteiger partial charge in [-0.15, -0.1) is 13.2 Å². The van der Waals surface area contributed by atoms with E-state index in [0.29, 0.717) is 11.9 Å². The van der Waals surface area contributed by atoms with Gasteiger partial charge < -0.3 is 10.1 Å². The van der Waals surface area contributed by atoms with Gasteiger partial charge >= 0.3 is 6.01 Å². The predicted molar refractivity (Wildman–Crippen MR) is 64.4 cm³/mol. The second kappa shape index (κ2) is 7.82. The molecule has 0 aromatic carbocycles. The van der Waals surface area contributed by atoms with E-state index in [2.05, 4.69) is 28.4 Å². The minimum absolute atomic E-state index is 0.492. The Balaban J connectivity index is 0.000000606. The fraction of sp³-hybridized carbons (Fsp3) is 0.500. The van der Waals surface area contributed by atoms with Crippen LogP contribution in [0.2, 0.25) is 0 Å². The van der Waals surface area contributed by atoms with Crippen molar-refractivity contribution >= 4 is 0 Å². The Bertz CT molecular complexity index is 273. The first kappa shape index (κ1) is 12.6. The molecule has 2 heterocycles. The van der Waals surface area contributed by atoms with Crippen molar-refractivity contribution in [2.75, 3.05) is 19.7 Å². The van der Waals surface area contributed by atoms with Crippen LogP contribution in [-0.2, 0) is 0 Å². The van der Waals surface area contributed by atoms with E-state index in [1.54, 1.807) is 18.5 Å². The molecule has 1 aromatic heterocycles. The molecule has 0 amide bonds. The summed E-state index contributed by atoms with van der Waals surface area (Å²) in [4.78, 5) is 8.03. The van der Waals surface area contributed by atoms with Crippen LogP contribution in [0.1, 0.15) is 12.8 Å². The van der Waals surface area contributed by atoms with Gasteiger partial charge in [-0.25, -0.2) is 9.97 Å². The first-order valence-electron chi connectivity index (χ1n) is 5.55. The first-order chi connectivity index (χ1) is 7.95. The number of hydrogen-bond acceptors (Lipinski definition) is 4. The zero-order chi connectivity index (χ0) is 11.6. The number of rotatable bonds is 3. The molecule has 0 unspecified atom stereocenters. The van der Waals surface area contributed by atoms with E-state index < -0.39 is 0 Å². The topological polar surface area (TPSA) is 47.0 Å². The molecule has 1 aliphatic heterocycles. The van der Waals surface area contributed by atoms with Crippen LogP contribution in [0.5, 0.6) is 6.01 Å². The molecule has 4 heteroatoms. The number of aromatic nitrogens is 2. The Morgan fingerprint density at radius 3 is 2.50 bits per heavy atom. The van der Waals surface area contributed by atoms with Crippen LogP contribution in [0.15, 0.2) is 31.6 Å². The van der Waals surface area contributed by atoms with Crippen LogP contribution in [0.4, 0.5) is 0 Å². The summed E-state index contributed by atoms with van der Waals surface area (Å²) in [6, 6.07) is 2.28. The fourth-order valence-corrected chi connectivity index (χ4v) is 1.60. The highest BCUT2D eigenvalue weighted by molar-refractivity contribution is 4.93. The molecule has 4 nitrogen and oxygen atoms in total. The number of nitrogens with zero attached hydrogens (tertiary/aromatic N) is 2. The van der Waals surface area contributed by atoms with Gasteiger partial charge in [-0.1, -0.05) is 0 Å². The van der Waals surface area contributed by atoms with E-state index in [4.69, 9.17) is 4.74 Å². The van der Waals surface area contributed by atoms with Crippen molar-refractivity contribution in [2.24, 2.45) is 5.92 Å². The van der Waals surface area contributed by atoms with Crippen molar-refractivity contribution in [1.82, 2.24) is 15.3 Å². The van der Waals surface area contributed by atoms with Crippen LogP contribution < -0.4 is 10.1 Å². The molecule has 16 heavy (non-hydrogen) atoms. The smallest absolute Gasteiger partial charge is 0.316 e. The molecule has 0 spiro atoms. The molecular weight excluding hydrogens is 202 g/mol. The fourth-order valence-electron chi connectivity index (χ4n) is 1.60. The lowest BCUT2D eigenvalue weighted by atomic mass is 9.99. The molecule has 0 bridgehead atoms. The van der Waals surface area contributed by atoms with Crippen molar-refractivity contribution in [2.45, 2.75) is 12.8 Å². The lowest BCUT2D eigenvalue weighted by molar-refractivity contribution is 0.202. The van der Waals surface area contributed by atoms with Gasteiger partial charge in [-0.2, -0.15) is 0 Å². The molecular formula is C12H19N3O. The van der Waals surface area contributed by atoms with E-state index in [-0.39, 0.29) is 0 Å². The number of hydrogen-bond donors (Lipinski definition) is 1. The Morgan fingerprint density at radius 1 is 1.25 bits per heavy atom. The van der Waals surface area contributed by atoms with Crippen LogP contribution in [0.3, 0.4) is 0 Å². The Kier molecular flexibility index (Phi) is 6.18. The van der Waals surface area contributed by atoms with Gasteiger partial charge in [0.15, 0.2) is 0 Å². The lowest BCUT2D eigenvalue weighted by Crippen LogP contribution is -2.30. The van der Waals surface area contributed by atoms with Crippen LogP contribution >= 0.6 is 0 Å². The minimum atomic E-state index is 0.492. The summed E-state index contributed by atoms with van der Waals surface area (Å²) in [5, 5.41) is 3.33. The summed E-state index contributed by atoms with van der Waals surface area (Å²) < 4.78 is 5.50. The normalized spacial score (nSPS) is 16.0. The first-order valence-corrected chi connectivity index (χ1v) is 5.55. The zero-order valence-electron chi connectivity index (χ0n) is 9.56. The molecule has 0 atom stereocenters. The predicted octanol–water partition coefficient (Wildman–Crippen LogP) is 1.66. The molecule has 0 saturated carbocycles. The van der Waals surface area contributed by atoms with E-state index in [1.807, 2.05) is 0 Å². The van der Waals surface area contributed by atoms with Crippen molar-refractivity contribution in [3.8, 4) is 6.01 Å². The molecule has 0 radical (unpaired) electrons. The van der Waals surface area contributed by atoms with Crippen LogP contribution in [-0.4, -0.2) is 29.7 Å². The summed E-state index contributed by atoms with van der Waals surface area (Å²) in [7, 11) is 0. The maximum absolute atomic E-state index is 5.50. The maximum atomic E-state index is 5.50. The third-order valence-electron chi connectivity index (χ3n) is 2.45. The Labute approximate surface area is 96.8 Å². The second-order valence-corrected chi connectivity index (χ2v) is 3.54. The average molecular weight is 221 g/mol. The molecule has 1 aliphatic rings. The molecule has 1 N–H and O–H groups in total. The van der Waals surface area contributed by atoms with Gasteiger partial charge in [0.2, 0.25) is 0 Å². The lowest BCUT2D eigenvalue weighted by Gasteiger charge is -2.21. The monoisotopic (exact) mass is 221 g/mol. The molecule has 1 saturated heterocycles. The van der Waals surface area contributed by atoms with Gasteiger partial charge in [0, 0.05) is 12.4 Å². The largest absolute Gasteiger partial charge is 0.463 e. The van der Waals surface area contributed by atoms with Crippen molar-refractivity contribution in [3.63, 3.8) is 0 Å². The minimum Gasteiger partial charge on any atom is -0.463 e. The third-order valence-corrected chi connectivity index (χ3v) is 2.45. The molecule has 2 rings (SSSR count). The highest BCUT2D eigenvalue weighted by Crippen LogP contribution is 2.12. The number of piperidine rings is 1. The maximum Gasteiger partial charge on any atom is 0.316 e. The number of ether oxygens (including phenoxy) is 1. The van der Waals surface area contributed by atoms with Crippen LogP contribution in [0, 0.1) is 5.92 Å². The van der Waals surface area contributed by atoms with Crippen molar-refractivity contribution in [3.05, 3.63) is 31.6 Å². The summed E-state index contributed by atoms with van der Waals surface area (Å²) in [6.45, 7) is 8.94. The summed E-state index contributed by atoms with van der Waals surface area (Å²) >= 11 is 0. The summed E-state index contributed by atoms with van der Waals surface area (Å²) in [6.07, 6.45) is 5.77. The Morgan fingerprint density at radius 2 is 1.88 bits per heavy atom. The van der Waals surface area contributed by atoms with E-state index in [1.165, 1.54) is 12.8 Å².